The van der Waals surface area contributed by atoms with Gasteiger partial charge in [-0.25, -0.2) is 0 Å². The summed E-state index contributed by atoms with van der Waals surface area (Å²) in [5, 5.41) is 15.0. The fourth-order valence-electron chi connectivity index (χ4n) is 3.63. The monoisotopic (exact) mass is 558 g/mol. The van der Waals surface area contributed by atoms with E-state index in [0.717, 1.165) is 27.4 Å². The Morgan fingerprint density at radius 2 is 1.72 bits per heavy atom. The van der Waals surface area contributed by atoms with E-state index in [1.165, 1.54) is 19.2 Å². The maximum absolute atomic E-state index is 13.8. The SMILES string of the molecule is COc1ccc(CNC(=O)CN(C(=O)Cn2nnc(-c3ccc(Cl)cc3)n2)c2ccccc2C(F)(F)F)cc1. The summed E-state index contributed by atoms with van der Waals surface area (Å²) >= 11 is 5.89. The zero-order valence-electron chi connectivity index (χ0n) is 20.5. The highest BCUT2D eigenvalue weighted by molar-refractivity contribution is 6.30. The van der Waals surface area contributed by atoms with E-state index in [-0.39, 0.29) is 12.4 Å². The highest BCUT2D eigenvalue weighted by Crippen LogP contribution is 2.36. The number of benzene rings is 3. The molecule has 0 aliphatic heterocycles. The first-order valence-corrected chi connectivity index (χ1v) is 11.9. The first-order valence-electron chi connectivity index (χ1n) is 11.5. The molecule has 4 aromatic rings. The number of methoxy groups -OCH3 is 1. The number of ether oxygens (including phenoxy) is 1. The van der Waals surface area contributed by atoms with Crippen LogP contribution in [-0.2, 0) is 28.9 Å². The molecular weight excluding hydrogens is 537 g/mol. The molecule has 39 heavy (non-hydrogen) atoms. The Labute approximate surface area is 226 Å². The van der Waals surface area contributed by atoms with E-state index in [0.29, 0.717) is 16.3 Å². The summed E-state index contributed by atoms with van der Waals surface area (Å²) in [6.07, 6.45) is -4.76. The molecule has 0 aliphatic rings. The lowest BCUT2D eigenvalue weighted by Crippen LogP contribution is -2.43. The van der Waals surface area contributed by atoms with E-state index in [1.807, 2.05) is 0 Å². The topological polar surface area (TPSA) is 102 Å². The number of nitrogens with zero attached hydrogens (tertiary/aromatic N) is 5. The molecule has 0 saturated carbocycles. The van der Waals surface area contributed by atoms with Crippen LogP contribution in [0, 0.1) is 0 Å². The average molecular weight is 559 g/mol. The van der Waals surface area contributed by atoms with E-state index in [2.05, 4.69) is 20.7 Å². The number of para-hydroxylation sites is 1. The number of amides is 2. The molecular formula is C26H22ClF3N6O3. The third kappa shape index (κ3) is 7.11. The zero-order valence-corrected chi connectivity index (χ0v) is 21.3. The molecule has 4 rings (SSSR count). The molecule has 9 nitrogen and oxygen atoms in total. The van der Waals surface area contributed by atoms with Crippen LogP contribution in [0.2, 0.25) is 5.02 Å². The van der Waals surface area contributed by atoms with Crippen LogP contribution < -0.4 is 15.0 Å². The van der Waals surface area contributed by atoms with Crippen LogP contribution in [-0.4, -0.2) is 45.7 Å². The number of carbonyl (C=O) groups is 2. The predicted molar refractivity (Wildman–Crippen MR) is 137 cm³/mol. The van der Waals surface area contributed by atoms with Gasteiger partial charge in [-0.1, -0.05) is 35.9 Å². The number of halogens is 4. The molecule has 13 heteroatoms. The molecule has 0 spiro atoms. The van der Waals surface area contributed by atoms with Gasteiger partial charge in [0.1, 0.15) is 18.8 Å². The highest BCUT2D eigenvalue weighted by Gasteiger charge is 2.36. The van der Waals surface area contributed by atoms with Gasteiger partial charge in [-0.15, -0.1) is 10.2 Å². The molecule has 0 saturated heterocycles. The smallest absolute Gasteiger partial charge is 0.418 e. The van der Waals surface area contributed by atoms with E-state index >= 15 is 0 Å². The Morgan fingerprint density at radius 1 is 1.03 bits per heavy atom. The second-order valence-corrected chi connectivity index (χ2v) is 8.71. The fraction of sp³-hybridized carbons (Fsp3) is 0.192. The highest BCUT2D eigenvalue weighted by atomic mass is 35.5. The van der Waals surface area contributed by atoms with Gasteiger partial charge < -0.3 is 15.0 Å². The van der Waals surface area contributed by atoms with Gasteiger partial charge in [0, 0.05) is 17.1 Å². The van der Waals surface area contributed by atoms with Crippen LogP contribution in [0.25, 0.3) is 11.4 Å². The number of carbonyl (C=O) groups excluding carboxylic acids is 2. The number of anilines is 1. The minimum absolute atomic E-state index is 0.0981. The second kappa shape index (κ2) is 11.9. The largest absolute Gasteiger partial charge is 0.497 e. The summed E-state index contributed by atoms with van der Waals surface area (Å²) in [4.78, 5) is 27.8. The summed E-state index contributed by atoms with van der Waals surface area (Å²) in [5.74, 6) is -0.679. The Balaban J connectivity index is 1.54. The first kappa shape index (κ1) is 27.6. The number of tetrazole rings is 1. The van der Waals surface area contributed by atoms with Gasteiger partial charge in [-0.2, -0.15) is 18.0 Å². The minimum Gasteiger partial charge on any atom is -0.497 e. The van der Waals surface area contributed by atoms with Crippen molar-refractivity contribution in [2.24, 2.45) is 0 Å². The van der Waals surface area contributed by atoms with Gasteiger partial charge >= 0.3 is 6.18 Å². The van der Waals surface area contributed by atoms with Crippen molar-refractivity contribution in [3.05, 3.63) is 88.9 Å². The summed E-state index contributed by atoms with van der Waals surface area (Å²) in [5.41, 5.74) is -0.211. The third-order valence-corrected chi connectivity index (χ3v) is 5.84. The van der Waals surface area contributed by atoms with Crippen molar-refractivity contribution in [2.45, 2.75) is 19.3 Å². The Hall–Kier alpha value is -4.45. The fourth-order valence-corrected chi connectivity index (χ4v) is 3.76. The van der Waals surface area contributed by atoms with Gasteiger partial charge in [-0.3, -0.25) is 9.59 Å². The van der Waals surface area contributed by atoms with Gasteiger partial charge in [0.25, 0.3) is 5.91 Å². The molecule has 3 aromatic carbocycles. The van der Waals surface area contributed by atoms with Crippen molar-refractivity contribution in [1.29, 1.82) is 0 Å². The van der Waals surface area contributed by atoms with E-state index < -0.39 is 42.3 Å². The first-order chi connectivity index (χ1) is 18.6. The van der Waals surface area contributed by atoms with Crippen molar-refractivity contribution in [1.82, 2.24) is 25.5 Å². The molecule has 0 fully saturated rings. The summed E-state index contributed by atoms with van der Waals surface area (Å²) in [6, 6.07) is 18.0. The predicted octanol–water partition coefficient (Wildman–Crippen LogP) is 4.37. The van der Waals surface area contributed by atoms with E-state index in [9.17, 15) is 22.8 Å². The molecule has 0 bridgehead atoms. The number of hydrogen-bond donors (Lipinski definition) is 1. The van der Waals surface area contributed by atoms with Crippen molar-refractivity contribution in [3.8, 4) is 17.1 Å². The van der Waals surface area contributed by atoms with Crippen molar-refractivity contribution in [2.75, 3.05) is 18.6 Å². The molecule has 1 N–H and O–H groups in total. The lowest BCUT2D eigenvalue weighted by molar-refractivity contribution is -0.137. The third-order valence-electron chi connectivity index (χ3n) is 5.58. The van der Waals surface area contributed by atoms with Crippen LogP contribution in [0.4, 0.5) is 18.9 Å². The Morgan fingerprint density at radius 3 is 2.38 bits per heavy atom. The van der Waals surface area contributed by atoms with Gasteiger partial charge in [0.15, 0.2) is 0 Å². The second-order valence-electron chi connectivity index (χ2n) is 8.27. The van der Waals surface area contributed by atoms with Crippen LogP contribution >= 0.6 is 11.6 Å². The summed E-state index contributed by atoms with van der Waals surface area (Å²) in [7, 11) is 1.52. The van der Waals surface area contributed by atoms with Crippen molar-refractivity contribution in [3.63, 3.8) is 0 Å². The number of nitrogens with one attached hydrogen (secondary N) is 1. The number of rotatable bonds is 9. The number of aromatic nitrogens is 4. The minimum atomic E-state index is -4.76. The normalized spacial score (nSPS) is 11.2. The molecule has 0 unspecified atom stereocenters. The van der Waals surface area contributed by atoms with Crippen LogP contribution in [0.5, 0.6) is 5.75 Å². The molecule has 0 atom stereocenters. The Kier molecular flexibility index (Phi) is 8.45. The van der Waals surface area contributed by atoms with Crippen molar-refractivity contribution < 1.29 is 27.5 Å². The van der Waals surface area contributed by atoms with E-state index in [4.69, 9.17) is 16.3 Å². The maximum atomic E-state index is 13.8. The van der Waals surface area contributed by atoms with Gasteiger partial charge in [0.05, 0.1) is 18.4 Å². The molecule has 0 aliphatic carbocycles. The molecule has 2 amide bonds. The molecule has 0 radical (unpaired) electrons. The molecule has 1 heterocycles. The standard InChI is InChI=1S/C26H22ClF3N6O3/c1-39-20-12-6-17(7-13-20)14-31-23(37)15-35(22-5-3-2-4-21(22)26(28,29)30)24(38)16-36-33-25(32-34-36)18-8-10-19(27)11-9-18/h2-13H,14-16H2,1H3,(H,31,37). The molecule has 1 aromatic heterocycles. The molecule has 202 valence electrons. The summed E-state index contributed by atoms with van der Waals surface area (Å²) in [6.45, 7) is -1.12. The quantitative estimate of drug-likeness (QED) is 0.327. The maximum Gasteiger partial charge on any atom is 0.418 e. The van der Waals surface area contributed by atoms with E-state index in [1.54, 1.807) is 48.5 Å². The summed E-state index contributed by atoms with van der Waals surface area (Å²) < 4.78 is 46.5. The van der Waals surface area contributed by atoms with Crippen molar-refractivity contribution >= 4 is 29.1 Å². The Bertz CT molecular complexity index is 1440. The lowest BCUT2D eigenvalue weighted by atomic mass is 10.1. The lowest BCUT2D eigenvalue weighted by Gasteiger charge is -2.25. The average Bonchev–Trinajstić information content (AvgIpc) is 3.39. The number of alkyl halides is 3. The van der Waals surface area contributed by atoms with Crippen LogP contribution in [0.15, 0.2) is 72.8 Å². The van der Waals surface area contributed by atoms with Crippen LogP contribution in [0.3, 0.4) is 0 Å². The zero-order chi connectivity index (χ0) is 28.0. The van der Waals surface area contributed by atoms with Gasteiger partial charge in [-0.05, 0) is 59.3 Å². The van der Waals surface area contributed by atoms with Gasteiger partial charge in [0.2, 0.25) is 11.7 Å². The number of hydrogen-bond acceptors (Lipinski definition) is 6. The van der Waals surface area contributed by atoms with Crippen LogP contribution in [0.1, 0.15) is 11.1 Å².